The van der Waals surface area contributed by atoms with E-state index in [9.17, 15) is 25.3 Å². The summed E-state index contributed by atoms with van der Waals surface area (Å²) in [5, 5.41) is 32.2. The van der Waals surface area contributed by atoms with Gasteiger partial charge in [0.25, 0.3) is 5.69 Å². The van der Waals surface area contributed by atoms with Crippen molar-refractivity contribution in [1.29, 1.82) is 5.26 Å². The number of non-ortho nitro benzene ring substituents is 1. The van der Waals surface area contributed by atoms with E-state index >= 15 is 0 Å². The predicted octanol–water partition coefficient (Wildman–Crippen LogP) is 4.29. The number of benzene rings is 3. The van der Waals surface area contributed by atoms with Crippen molar-refractivity contribution in [1.82, 2.24) is 0 Å². The highest BCUT2D eigenvalue weighted by molar-refractivity contribution is 5.89. The first-order chi connectivity index (χ1) is 16.4. The number of phenolic OH excluding ortho intramolecular Hbond substituents is 1. The molecule has 3 aromatic carbocycles. The second-order valence-corrected chi connectivity index (χ2v) is 7.63. The molecule has 0 radical (unpaired) electrons. The van der Waals surface area contributed by atoms with Gasteiger partial charge in [-0.1, -0.05) is 42.5 Å². The fourth-order valence-electron chi connectivity index (χ4n) is 4.13. The smallest absolute Gasteiger partial charge is 0.269 e. The Morgan fingerprint density at radius 3 is 2.56 bits per heavy atom. The molecule has 1 atom stereocenters. The van der Waals surface area contributed by atoms with Crippen LogP contribution in [0.4, 0.5) is 5.69 Å². The minimum absolute atomic E-state index is 0.0482. The maximum Gasteiger partial charge on any atom is 0.269 e. The van der Waals surface area contributed by atoms with Gasteiger partial charge in [0.05, 0.1) is 16.4 Å². The van der Waals surface area contributed by atoms with Gasteiger partial charge in [-0.3, -0.25) is 14.9 Å². The third-order valence-corrected chi connectivity index (χ3v) is 5.65. The molecule has 0 spiro atoms. The Kier molecular flexibility index (Phi) is 4.76. The molecule has 0 aliphatic carbocycles. The van der Waals surface area contributed by atoms with Gasteiger partial charge in [0, 0.05) is 29.8 Å². The maximum absolute atomic E-state index is 13.0. The number of hydrogen-bond acceptors (Lipinski definition) is 8. The lowest BCUT2D eigenvalue weighted by Crippen LogP contribution is -2.21. The van der Waals surface area contributed by atoms with Crippen molar-refractivity contribution < 1.29 is 19.2 Å². The van der Waals surface area contributed by atoms with E-state index in [1.165, 1.54) is 30.3 Å². The van der Waals surface area contributed by atoms with Crippen molar-refractivity contribution in [2.24, 2.45) is 5.73 Å². The predicted molar refractivity (Wildman–Crippen MR) is 122 cm³/mol. The normalized spacial score (nSPS) is 14.9. The van der Waals surface area contributed by atoms with Crippen LogP contribution in [-0.2, 0) is 0 Å². The van der Waals surface area contributed by atoms with E-state index in [-0.39, 0.29) is 39.4 Å². The number of fused-ring (bicyclic) bond motifs is 2. The number of allylic oxidation sites excluding steroid dienone is 1. The molecule has 4 aromatic rings. The highest BCUT2D eigenvalue weighted by Crippen LogP contribution is 2.49. The summed E-state index contributed by atoms with van der Waals surface area (Å²) in [5.74, 6) is -1.29. The number of aromatic hydroxyl groups is 1. The Labute approximate surface area is 191 Å². The zero-order valence-corrected chi connectivity index (χ0v) is 17.4. The largest absolute Gasteiger partial charge is 0.507 e. The van der Waals surface area contributed by atoms with Gasteiger partial charge >= 0.3 is 0 Å². The summed E-state index contributed by atoms with van der Waals surface area (Å²) in [7, 11) is 0. The monoisotopic (exact) mass is 453 g/mol. The molecular formula is C25H15N3O6. The minimum atomic E-state index is -0.994. The van der Waals surface area contributed by atoms with Gasteiger partial charge in [0.2, 0.25) is 5.88 Å². The van der Waals surface area contributed by atoms with Crippen LogP contribution in [0.1, 0.15) is 17.0 Å². The van der Waals surface area contributed by atoms with Crippen LogP contribution in [0.3, 0.4) is 0 Å². The molecule has 0 saturated carbocycles. The highest BCUT2D eigenvalue weighted by Gasteiger charge is 2.35. The Bertz CT molecular complexity index is 1620. The summed E-state index contributed by atoms with van der Waals surface area (Å²) in [4.78, 5) is 23.8. The number of rotatable bonds is 3. The number of nitrogens with zero attached hydrogens (tertiary/aromatic N) is 2. The van der Waals surface area contributed by atoms with Crippen molar-refractivity contribution in [2.75, 3.05) is 0 Å². The first-order valence-corrected chi connectivity index (χ1v) is 10.1. The Balaban J connectivity index is 1.79. The van der Waals surface area contributed by atoms with E-state index in [1.54, 1.807) is 30.3 Å². The van der Waals surface area contributed by atoms with Crippen LogP contribution in [0.2, 0.25) is 0 Å². The molecule has 9 nitrogen and oxygen atoms in total. The molecule has 1 aliphatic heterocycles. The topological polar surface area (TPSA) is 153 Å². The van der Waals surface area contributed by atoms with Crippen molar-refractivity contribution in [3.05, 3.63) is 110 Å². The molecule has 0 saturated heterocycles. The summed E-state index contributed by atoms with van der Waals surface area (Å²) in [6.07, 6.45) is 0. The molecule has 2 heterocycles. The van der Waals surface area contributed by atoms with Gasteiger partial charge in [-0.05, 0) is 5.56 Å². The van der Waals surface area contributed by atoms with Gasteiger partial charge in [-0.25, -0.2) is 0 Å². The minimum Gasteiger partial charge on any atom is -0.507 e. The van der Waals surface area contributed by atoms with Crippen LogP contribution >= 0.6 is 0 Å². The fraction of sp³-hybridized carbons (Fsp3) is 0.0400. The number of ether oxygens (including phenoxy) is 1. The van der Waals surface area contributed by atoms with Crippen molar-refractivity contribution in [3.8, 4) is 28.9 Å². The van der Waals surface area contributed by atoms with Gasteiger partial charge in [-0.2, -0.15) is 5.26 Å². The lowest BCUT2D eigenvalue weighted by Gasteiger charge is -2.27. The first-order valence-electron chi connectivity index (χ1n) is 10.1. The molecule has 9 heteroatoms. The Morgan fingerprint density at radius 2 is 1.85 bits per heavy atom. The molecule has 0 bridgehead atoms. The zero-order chi connectivity index (χ0) is 24.0. The second kappa shape index (κ2) is 7.79. The standard InChI is InChI=1S/C25H15N3O6/c26-12-16-21(14-7-4-8-15(9-14)28(31)32)23-20(34-25(16)27)11-19-22(24(23)30)17(29)10-18(33-19)13-5-2-1-3-6-13/h1-11,21,30H,27H2. The van der Waals surface area contributed by atoms with Crippen molar-refractivity contribution >= 4 is 16.7 Å². The molecule has 34 heavy (non-hydrogen) atoms. The van der Waals surface area contributed by atoms with Crippen LogP contribution in [0.5, 0.6) is 11.5 Å². The molecule has 3 N–H and O–H groups in total. The lowest BCUT2D eigenvalue weighted by atomic mass is 9.82. The number of nitro benzene ring substituents is 1. The van der Waals surface area contributed by atoms with E-state index in [2.05, 4.69) is 0 Å². The molecule has 1 aliphatic rings. The van der Waals surface area contributed by atoms with Crippen LogP contribution in [-0.4, -0.2) is 10.0 Å². The van der Waals surface area contributed by atoms with E-state index < -0.39 is 22.0 Å². The van der Waals surface area contributed by atoms with Crippen LogP contribution in [0.15, 0.2) is 87.4 Å². The van der Waals surface area contributed by atoms with E-state index in [0.717, 1.165) is 0 Å². The summed E-state index contributed by atoms with van der Waals surface area (Å²) in [5.41, 5.74) is 6.41. The summed E-state index contributed by atoms with van der Waals surface area (Å²) in [6, 6.07) is 19.3. The van der Waals surface area contributed by atoms with E-state index in [4.69, 9.17) is 14.9 Å². The molecule has 1 aromatic heterocycles. The molecular weight excluding hydrogens is 438 g/mol. The number of nitrogens with two attached hydrogens (primary N) is 1. The maximum atomic E-state index is 13.0. The summed E-state index contributed by atoms with van der Waals surface area (Å²) >= 11 is 0. The fourth-order valence-corrected chi connectivity index (χ4v) is 4.13. The number of nitriles is 1. The summed E-state index contributed by atoms with van der Waals surface area (Å²) < 4.78 is 11.5. The number of hydrogen-bond donors (Lipinski definition) is 2. The SMILES string of the molecule is N#CC1=C(N)Oc2cc3oc(-c4ccccc4)cc(=O)c3c(O)c2C1c1cccc([N+](=O)[O-])c1. The second-order valence-electron chi connectivity index (χ2n) is 7.63. The van der Waals surface area contributed by atoms with Crippen LogP contribution in [0, 0.1) is 21.4 Å². The lowest BCUT2D eigenvalue weighted by molar-refractivity contribution is -0.384. The Morgan fingerprint density at radius 1 is 1.09 bits per heavy atom. The van der Waals surface area contributed by atoms with Gasteiger partial charge < -0.3 is 20.0 Å². The molecule has 0 amide bonds. The average Bonchev–Trinajstić information content (AvgIpc) is 2.83. The molecule has 0 fully saturated rings. The van der Waals surface area contributed by atoms with Crippen molar-refractivity contribution in [3.63, 3.8) is 0 Å². The van der Waals surface area contributed by atoms with Crippen LogP contribution in [0.25, 0.3) is 22.3 Å². The van der Waals surface area contributed by atoms with Gasteiger partial charge in [0.1, 0.15) is 39.9 Å². The quantitative estimate of drug-likeness (QED) is 0.344. The van der Waals surface area contributed by atoms with Gasteiger partial charge in [-0.15, -0.1) is 0 Å². The third kappa shape index (κ3) is 3.22. The third-order valence-electron chi connectivity index (χ3n) is 5.65. The molecule has 5 rings (SSSR count). The van der Waals surface area contributed by atoms with Crippen LogP contribution < -0.4 is 15.9 Å². The Hall–Kier alpha value is -5.10. The molecule has 1 unspecified atom stereocenters. The number of nitro groups is 1. The molecule has 166 valence electrons. The van der Waals surface area contributed by atoms with E-state index in [0.29, 0.717) is 16.9 Å². The van der Waals surface area contributed by atoms with Gasteiger partial charge in [0.15, 0.2) is 5.43 Å². The average molecular weight is 453 g/mol. The van der Waals surface area contributed by atoms with E-state index in [1.807, 2.05) is 12.1 Å². The zero-order valence-electron chi connectivity index (χ0n) is 17.4. The summed E-state index contributed by atoms with van der Waals surface area (Å²) in [6.45, 7) is 0. The van der Waals surface area contributed by atoms with Crippen molar-refractivity contribution in [2.45, 2.75) is 5.92 Å². The highest BCUT2D eigenvalue weighted by atomic mass is 16.6. The number of phenols is 1. The first kappa shape index (κ1) is 20.8.